The predicted molar refractivity (Wildman–Crippen MR) is 231 cm³/mol. The summed E-state index contributed by atoms with van der Waals surface area (Å²) in [4.78, 5) is 39.9. The number of aliphatic hydroxyl groups is 3. The molecule has 0 aliphatic carbocycles. The van der Waals surface area contributed by atoms with Gasteiger partial charge in [-0.1, -0.05) is 49.7 Å². The molecule has 3 heterocycles. The lowest BCUT2D eigenvalue weighted by molar-refractivity contribution is -0.304. The molecule has 0 spiro atoms. The highest BCUT2D eigenvalue weighted by Gasteiger charge is 2.47. The molecule has 14 heteroatoms. The summed E-state index contributed by atoms with van der Waals surface area (Å²) in [7, 11) is 7.46. The number of aromatic nitrogens is 1. The molecule has 0 saturated carbocycles. The fraction of sp³-hybridized carbons (Fsp3) is 0.652. The molecule has 3 N–H and O–H groups in total. The van der Waals surface area contributed by atoms with Gasteiger partial charge in [0.05, 0.1) is 54.7 Å². The Morgan fingerprint density at radius 1 is 1.02 bits per heavy atom. The summed E-state index contributed by atoms with van der Waals surface area (Å²) in [6.07, 6.45) is 4.09. The lowest BCUT2D eigenvalue weighted by atomic mass is 9.79. The van der Waals surface area contributed by atoms with Crippen LogP contribution in [0.5, 0.6) is 5.75 Å². The number of ether oxygens (including phenoxy) is 4. The van der Waals surface area contributed by atoms with E-state index >= 15 is 0 Å². The largest absolute Gasteiger partial charge is 0.494 e. The average molecular weight is 839 g/mol. The van der Waals surface area contributed by atoms with Crippen molar-refractivity contribution in [2.75, 3.05) is 47.9 Å². The van der Waals surface area contributed by atoms with E-state index in [9.17, 15) is 24.9 Å². The molecule has 1 aromatic heterocycles. The smallest absolute Gasteiger partial charge is 0.308 e. The Bertz CT molecular complexity index is 1740. The zero-order valence-electron chi connectivity index (χ0n) is 37.1. The highest BCUT2D eigenvalue weighted by atomic mass is 16.7. The normalized spacial score (nSPS) is 33.3. The van der Waals surface area contributed by atoms with E-state index in [0.29, 0.717) is 44.7 Å². The van der Waals surface area contributed by atoms with E-state index in [1.54, 1.807) is 39.0 Å². The summed E-state index contributed by atoms with van der Waals surface area (Å²) in [5.74, 6) is -1.37. The number of fused-ring (bicyclic) bond motifs is 1. The van der Waals surface area contributed by atoms with Gasteiger partial charge < -0.3 is 53.7 Å². The number of aliphatic hydroxyl groups excluding tert-OH is 3. The van der Waals surface area contributed by atoms with E-state index in [1.807, 2.05) is 77.4 Å². The molecule has 14 nitrogen and oxygen atoms in total. The minimum Gasteiger partial charge on any atom is -0.494 e. The van der Waals surface area contributed by atoms with Crippen molar-refractivity contribution < 1.29 is 48.7 Å². The van der Waals surface area contributed by atoms with Crippen molar-refractivity contribution in [2.24, 2.45) is 28.8 Å². The summed E-state index contributed by atoms with van der Waals surface area (Å²) in [5, 5.41) is 39.7. The monoisotopic (exact) mass is 839 g/mol. The highest BCUT2D eigenvalue weighted by molar-refractivity contribution is 5.96. The number of unbranched alkanes of at least 4 members (excludes halogenated alkanes) is 1. The molecule has 60 heavy (non-hydrogen) atoms. The first-order valence-corrected chi connectivity index (χ1v) is 21.5. The van der Waals surface area contributed by atoms with Gasteiger partial charge >= 0.3 is 5.97 Å². The van der Waals surface area contributed by atoms with Gasteiger partial charge in [-0.15, -0.1) is 0 Å². The van der Waals surface area contributed by atoms with Crippen LogP contribution in [-0.4, -0.2) is 145 Å². The molecule has 12 atom stereocenters. The van der Waals surface area contributed by atoms with Crippen LogP contribution in [0.2, 0.25) is 0 Å². The highest BCUT2D eigenvalue weighted by Crippen LogP contribution is 2.34. The molecule has 1 fully saturated rings. The van der Waals surface area contributed by atoms with E-state index in [4.69, 9.17) is 23.8 Å². The Morgan fingerprint density at radius 3 is 2.47 bits per heavy atom. The first-order chi connectivity index (χ1) is 28.6. The van der Waals surface area contributed by atoms with E-state index in [-0.39, 0.29) is 24.7 Å². The van der Waals surface area contributed by atoms with E-state index < -0.39 is 66.8 Å². The fourth-order valence-electron chi connectivity index (χ4n) is 8.20. The zero-order chi connectivity index (χ0) is 43.9. The second-order valence-corrected chi connectivity index (χ2v) is 17.0. The van der Waals surface area contributed by atoms with Crippen LogP contribution in [-0.2, 0) is 28.6 Å². The third-order valence-electron chi connectivity index (χ3n) is 11.6. The number of nitrogens with zero attached hydrogens (tertiary/aromatic N) is 4. The third-order valence-corrected chi connectivity index (χ3v) is 11.6. The van der Waals surface area contributed by atoms with Crippen LogP contribution < -0.4 is 4.74 Å². The van der Waals surface area contributed by atoms with Crippen molar-refractivity contribution in [3.05, 3.63) is 60.3 Å². The molecule has 1 aromatic carbocycles. The minimum absolute atomic E-state index is 0.0588. The number of benzene rings is 1. The Labute approximate surface area is 356 Å². The Hall–Kier alpha value is -3.76. The van der Waals surface area contributed by atoms with Crippen molar-refractivity contribution in [3.63, 3.8) is 0 Å². The van der Waals surface area contributed by atoms with Gasteiger partial charge in [-0.25, -0.2) is 0 Å². The number of hydrogen-bond acceptors (Lipinski definition) is 14. The number of aldehydes is 1. The number of carbonyl (C=O) groups is 2. The van der Waals surface area contributed by atoms with Crippen LogP contribution in [0.3, 0.4) is 0 Å². The first kappa shape index (κ1) is 48.9. The van der Waals surface area contributed by atoms with Crippen LogP contribution in [0.1, 0.15) is 73.1 Å². The quantitative estimate of drug-likeness (QED) is 0.0928. The van der Waals surface area contributed by atoms with Gasteiger partial charge in [-0.3, -0.25) is 9.78 Å². The molecule has 2 aliphatic rings. The van der Waals surface area contributed by atoms with Crippen molar-refractivity contribution in [3.8, 4) is 5.75 Å². The summed E-state index contributed by atoms with van der Waals surface area (Å²) in [6.45, 7) is 10.9. The van der Waals surface area contributed by atoms with Crippen LogP contribution in [0, 0.1) is 23.7 Å². The second-order valence-electron chi connectivity index (χ2n) is 17.0. The van der Waals surface area contributed by atoms with Gasteiger partial charge in [-0.2, -0.15) is 0 Å². The Balaban J connectivity index is 1.62. The van der Waals surface area contributed by atoms with Gasteiger partial charge in [-0.05, 0) is 104 Å². The van der Waals surface area contributed by atoms with Gasteiger partial charge in [0.15, 0.2) is 6.29 Å². The molecular formula is C46H70N4O10. The van der Waals surface area contributed by atoms with Crippen LogP contribution in [0.25, 0.3) is 10.9 Å². The van der Waals surface area contributed by atoms with Crippen molar-refractivity contribution in [1.29, 1.82) is 0 Å². The maximum atomic E-state index is 13.5. The molecule has 2 aromatic rings. The molecule has 0 bridgehead atoms. The summed E-state index contributed by atoms with van der Waals surface area (Å²) in [5.41, 5.74) is 2.51. The number of cyclic esters (lactones) is 1. The minimum atomic E-state index is -1.26. The van der Waals surface area contributed by atoms with Crippen molar-refractivity contribution in [2.45, 2.75) is 122 Å². The summed E-state index contributed by atoms with van der Waals surface area (Å²) < 4.78 is 24.7. The molecule has 1 saturated heterocycles. The standard InChI is InChI=1S/C46H70N4O10/c1-10-40-35(28-49(6)7)24-29(2)15-17-37(48-57-23-12-11-22-56-36-16-18-38-33(26-36)14-13-20-47-38)30(3)25-34(19-21-51)45(31(4)39(52)27-41(53)59-40)60-46-44(55)42(50(8)9)43(54)32(5)58-46/h13-18,20-21,24,26,30-32,34-35,39-40,42-46,52,54-55H,10-12,19,22-23,25,27-28H2,1-9H3/b17-15+,29-24+,48-37-/t30-,31?,32+,34+,35?,39-,40-,42-,43+,44+,45-,46-/m1/s1. The van der Waals surface area contributed by atoms with Gasteiger partial charge in [0, 0.05) is 42.3 Å². The lowest BCUT2D eigenvalue weighted by Gasteiger charge is -2.46. The van der Waals surface area contributed by atoms with Gasteiger partial charge in [0.1, 0.15) is 30.9 Å². The number of likely N-dealkylation sites (N-methyl/N-ethyl adjacent to an activating group) is 1. The number of oxime groups is 1. The molecule has 4 rings (SSSR count). The summed E-state index contributed by atoms with van der Waals surface area (Å²) >= 11 is 0. The van der Waals surface area contributed by atoms with Crippen molar-refractivity contribution >= 4 is 28.9 Å². The van der Waals surface area contributed by atoms with Crippen LogP contribution in [0.4, 0.5) is 0 Å². The number of esters is 1. The van der Waals surface area contributed by atoms with E-state index in [2.05, 4.69) is 21.1 Å². The molecule has 0 amide bonds. The molecular weight excluding hydrogens is 769 g/mol. The van der Waals surface area contributed by atoms with Gasteiger partial charge in [0.2, 0.25) is 0 Å². The molecule has 334 valence electrons. The number of hydrogen-bond donors (Lipinski definition) is 3. The Kier molecular flexibility index (Phi) is 19.6. The zero-order valence-corrected chi connectivity index (χ0v) is 37.1. The van der Waals surface area contributed by atoms with Gasteiger partial charge in [0.25, 0.3) is 0 Å². The molecule has 2 unspecified atom stereocenters. The summed E-state index contributed by atoms with van der Waals surface area (Å²) in [6, 6.07) is 9.04. The first-order valence-electron chi connectivity index (χ1n) is 21.5. The van der Waals surface area contributed by atoms with E-state index in [1.165, 1.54) is 0 Å². The average Bonchev–Trinajstić information content (AvgIpc) is 3.20. The van der Waals surface area contributed by atoms with E-state index in [0.717, 1.165) is 34.9 Å². The fourth-order valence-corrected chi connectivity index (χ4v) is 8.20. The maximum absolute atomic E-state index is 13.5. The Morgan fingerprint density at radius 2 is 1.77 bits per heavy atom. The topological polar surface area (TPSA) is 173 Å². The lowest BCUT2D eigenvalue weighted by Crippen LogP contribution is -2.63. The van der Waals surface area contributed by atoms with Crippen LogP contribution >= 0.6 is 0 Å². The van der Waals surface area contributed by atoms with Crippen molar-refractivity contribution in [1.82, 2.24) is 14.8 Å². The molecule has 0 radical (unpaired) electrons. The number of carbonyl (C=O) groups excluding carboxylic acids is 2. The number of pyridine rings is 1. The number of allylic oxidation sites excluding steroid dienone is 3. The molecule has 2 aliphatic heterocycles. The van der Waals surface area contributed by atoms with Crippen LogP contribution in [0.15, 0.2) is 65.5 Å². The predicted octanol–water partition coefficient (Wildman–Crippen LogP) is 5.18. The second kappa shape index (κ2) is 24.0. The SMILES string of the molecule is CC[C@H]1OC(=O)C[C@@H](O)C(C)[C@@H](O[C@H]2O[C@@H](C)[C@H](O)[C@@H](N(C)C)[C@@H]2O)[C@@H](CC=O)C[C@@H](C)C(=N\OCCCCOc2ccc3ncccc3c2)/C=C/C(C)=C/C1CN(C)C. The third kappa shape index (κ3) is 14.1. The number of rotatable bonds is 15. The maximum Gasteiger partial charge on any atom is 0.308 e.